The van der Waals surface area contributed by atoms with Crippen molar-refractivity contribution in [2.45, 2.75) is 19.3 Å². The first-order chi connectivity index (χ1) is 15.0. The second-order valence-corrected chi connectivity index (χ2v) is 9.43. The van der Waals surface area contributed by atoms with Crippen LogP contribution in [0.1, 0.15) is 49.7 Å². The van der Waals surface area contributed by atoms with Gasteiger partial charge in [0.1, 0.15) is 0 Å². The van der Waals surface area contributed by atoms with E-state index in [4.69, 9.17) is 16.9 Å². The lowest BCUT2D eigenvalue weighted by Crippen LogP contribution is -2.36. The van der Waals surface area contributed by atoms with Gasteiger partial charge in [-0.2, -0.15) is 5.26 Å². The van der Waals surface area contributed by atoms with E-state index < -0.39 is 0 Å². The van der Waals surface area contributed by atoms with Gasteiger partial charge in [0.05, 0.1) is 38.6 Å². The number of nitriles is 1. The summed E-state index contributed by atoms with van der Waals surface area (Å²) in [6.45, 7) is 2.52. The van der Waals surface area contributed by atoms with Crippen molar-refractivity contribution in [3.8, 4) is 6.07 Å². The Hall–Kier alpha value is -2.73. The highest BCUT2D eigenvalue weighted by Crippen LogP contribution is 2.31. The van der Waals surface area contributed by atoms with Crippen molar-refractivity contribution >= 4 is 46.3 Å². The highest BCUT2D eigenvalue weighted by atomic mass is 35.5. The summed E-state index contributed by atoms with van der Waals surface area (Å²) < 4.78 is 0.499. The summed E-state index contributed by atoms with van der Waals surface area (Å²) in [5.41, 5.74) is 0.890. The Kier molecular flexibility index (Phi) is 6.37. The second-order valence-electron chi connectivity index (χ2n) is 7.71. The third kappa shape index (κ3) is 4.49. The Balaban J connectivity index is 1.43. The maximum Gasteiger partial charge on any atom is 0.265 e. The molecule has 0 unspecified atom stereocenters. The summed E-state index contributed by atoms with van der Waals surface area (Å²) >= 11 is 7.05. The number of benzene rings is 1. The molecule has 1 saturated heterocycles. The van der Waals surface area contributed by atoms with Crippen LogP contribution in [0.2, 0.25) is 4.34 Å². The number of carbonyl (C=O) groups excluding carboxylic acids is 3. The van der Waals surface area contributed by atoms with Gasteiger partial charge in [-0.25, -0.2) is 0 Å². The van der Waals surface area contributed by atoms with E-state index >= 15 is 0 Å². The van der Waals surface area contributed by atoms with E-state index in [9.17, 15) is 14.4 Å². The first kappa shape index (κ1) is 21.5. The third-order valence-electron chi connectivity index (χ3n) is 5.81. The van der Waals surface area contributed by atoms with Crippen LogP contribution in [0.5, 0.6) is 0 Å². The van der Waals surface area contributed by atoms with Crippen molar-refractivity contribution in [2.75, 3.05) is 31.5 Å². The molecule has 0 aliphatic carbocycles. The number of likely N-dealkylation sites (tertiary alicyclic amines) is 1. The van der Waals surface area contributed by atoms with Crippen LogP contribution >= 0.6 is 22.9 Å². The van der Waals surface area contributed by atoms with Gasteiger partial charge < -0.3 is 5.32 Å². The van der Waals surface area contributed by atoms with Crippen molar-refractivity contribution in [1.29, 1.82) is 5.26 Å². The molecule has 7 nitrogen and oxygen atoms in total. The zero-order valence-electron chi connectivity index (χ0n) is 16.8. The number of fused-ring (bicyclic) bond motifs is 1. The van der Waals surface area contributed by atoms with E-state index in [0.717, 1.165) is 43.7 Å². The van der Waals surface area contributed by atoms with E-state index in [1.165, 1.54) is 4.90 Å². The van der Waals surface area contributed by atoms with E-state index in [1.54, 1.807) is 30.3 Å². The fourth-order valence-corrected chi connectivity index (χ4v) is 5.04. The minimum atomic E-state index is -0.373. The molecule has 0 radical (unpaired) electrons. The number of anilines is 1. The molecule has 31 heavy (non-hydrogen) atoms. The van der Waals surface area contributed by atoms with Gasteiger partial charge in [-0.15, -0.1) is 11.3 Å². The van der Waals surface area contributed by atoms with Gasteiger partial charge >= 0.3 is 0 Å². The van der Waals surface area contributed by atoms with Gasteiger partial charge in [0.25, 0.3) is 17.7 Å². The first-order valence-electron chi connectivity index (χ1n) is 10.1. The lowest BCUT2D eigenvalue weighted by atomic mass is 9.93. The zero-order valence-corrected chi connectivity index (χ0v) is 18.3. The summed E-state index contributed by atoms with van der Waals surface area (Å²) in [5.74, 6) is -0.644. The Morgan fingerprint density at radius 1 is 1.19 bits per heavy atom. The number of hydrogen-bond donors (Lipinski definition) is 1. The number of halogens is 1. The third-order valence-corrected chi connectivity index (χ3v) is 7.04. The molecule has 1 aromatic carbocycles. The number of amides is 3. The SMILES string of the molecule is N#CCN1CCC(CCN2C(=O)c3cccc(NC(=O)c4ccc(Cl)s4)c3C2=O)CC1. The number of thiophene rings is 1. The number of carbonyl (C=O) groups is 3. The molecule has 2 aliphatic rings. The summed E-state index contributed by atoms with van der Waals surface area (Å²) in [6, 6.07) is 10.3. The number of imide groups is 1. The molecular formula is C22H21ClN4O3S. The predicted octanol–water partition coefficient (Wildman–Crippen LogP) is 3.88. The highest BCUT2D eigenvalue weighted by Gasteiger charge is 2.38. The van der Waals surface area contributed by atoms with Crippen molar-refractivity contribution in [1.82, 2.24) is 9.80 Å². The van der Waals surface area contributed by atoms with Crippen LogP contribution in [-0.4, -0.2) is 53.7 Å². The molecule has 1 N–H and O–H groups in total. The van der Waals surface area contributed by atoms with Gasteiger partial charge in [-0.1, -0.05) is 17.7 Å². The summed E-state index contributed by atoms with van der Waals surface area (Å²) in [6.07, 6.45) is 2.65. The number of nitrogens with one attached hydrogen (secondary N) is 1. The number of nitrogens with zero attached hydrogens (tertiary/aromatic N) is 3. The number of hydrogen-bond acceptors (Lipinski definition) is 6. The maximum atomic E-state index is 13.1. The van der Waals surface area contributed by atoms with Gasteiger partial charge in [0.15, 0.2) is 0 Å². The van der Waals surface area contributed by atoms with Crippen LogP contribution in [0.4, 0.5) is 5.69 Å². The molecule has 3 amide bonds. The first-order valence-corrected chi connectivity index (χ1v) is 11.3. The molecule has 2 aliphatic heterocycles. The monoisotopic (exact) mass is 456 g/mol. The molecular weight excluding hydrogens is 436 g/mol. The average Bonchev–Trinajstić information content (AvgIpc) is 3.30. The highest BCUT2D eigenvalue weighted by molar-refractivity contribution is 7.18. The molecule has 4 rings (SSSR count). The molecule has 0 saturated carbocycles. The summed E-state index contributed by atoms with van der Waals surface area (Å²) in [4.78, 5) is 42.3. The predicted molar refractivity (Wildman–Crippen MR) is 118 cm³/mol. The lowest BCUT2D eigenvalue weighted by Gasteiger charge is -2.30. The molecule has 160 valence electrons. The molecule has 9 heteroatoms. The molecule has 0 spiro atoms. The molecule has 1 fully saturated rings. The topological polar surface area (TPSA) is 93.5 Å². The number of piperidine rings is 1. The fraction of sp³-hybridized carbons (Fsp3) is 0.364. The Bertz CT molecular complexity index is 1070. The van der Waals surface area contributed by atoms with E-state index in [0.29, 0.717) is 39.5 Å². The lowest BCUT2D eigenvalue weighted by molar-refractivity contribution is 0.0638. The smallest absolute Gasteiger partial charge is 0.265 e. The van der Waals surface area contributed by atoms with Gasteiger partial charge in [-0.05, 0) is 62.5 Å². The fourth-order valence-electron chi connectivity index (χ4n) is 4.11. The van der Waals surface area contributed by atoms with Crippen LogP contribution in [0, 0.1) is 17.2 Å². The second kappa shape index (κ2) is 9.18. The van der Waals surface area contributed by atoms with Crippen molar-refractivity contribution in [2.24, 2.45) is 5.92 Å². The van der Waals surface area contributed by atoms with Crippen molar-refractivity contribution < 1.29 is 14.4 Å². The van der Waals surface area contributed by atoms with E-state index in [1.807, 2.05) is 0 Å². The Morgan fingerprint density at radius 2 is 1.97 bits per heavy atom. The van der Waals surface area contributed by atoms with Gasteiger partial charge in [0, 0.05) is 6.54 Å². The van der Waals surface area contributed by atoms with E-state index in [2.05, 4.69) is 16.3 Å². The van der Waals surface area contributed by atoms with Crippen LogP contribution in [0.3, 0.4) is 0 Å². The minimum Gasteiger partial charge on any atom is -0.321 e. The molecule has 0 bridgehead atoms. The standard InChI is InChI=1S/C22H21ClN4O3S/c23-18-5-4-17(31-18)20(28)25-16-3-1-2-15-19(16)22(30)27(21(15)29)12-8-14-6-10-26(11-7-14)13-9-24/h1-5,14H,6-8,10-13H2,(H,25,28). The minimum absolute atomic E-state index is 0.243. The molecule has 0 atom stereocenters. The van der Waals surface area contributed by atoms with Gasteiger partial charge in [0.2, 0.25) is 0 Å². The summed E-state index contributed by atoms with van der Waals surface area (Å²) in [5, 5.41) is 11.6. The summed E-state index contributed by atoms with van der Waals surface area (Å²) in [7, 11) is 0. The van der Waals surface area contributed by atoms with Crippen LogP contribution in [0.15, 0.2) is 30.3 Å². The van der Waals surface area contributed by atoms with Crippen LogP contribution in [0.25, 0.3) is 0 Å². The normalized spacial score (nSPS) is 17.0. The average molecular weight is 457 g/mol. The molecule has 1 aromatic heterocycles. The molecule has 3 heterocycles. The van der Waals surface area contributed by atoms with Gasteiger partial charge in [-0.3, -0.25) is 24.2 Å². The number of rotatable bonds is 6. The molecule has 2 aromatic rings. The maximum absolute atomic E-state index is 13.1. The Morgan fingerprint density at radius 3 is 2.65 bits per heavy atom. The van der Waals surface area contributed by atoms with Crippen molar-refractivity contribution in [3.05, 3.63) is 50.7 Å². The Labute approximate surface area is 189 Å². The van der Waals surface area contributed by atoms with Crippen molar-refractivity contribution in [3.63, 3.8) is 0 Å². The largest absolute Gasteiger partial charge is 0.321 e. The van der Waals surface area contributed by atoms with Crippen LogP contribution in [-0.2, 0) is 0 Å². The van der Waals surface area contributed by atoms with Crippen LogP contribution < -0.4 is 5.32 Å². The quantitative estimate of drug-likeness (QED) is 0.526. The zero-order chi connectivity index (χ0) is 22.0. The van der Waals surface area contributed by atoms with E-state index in [-0.39, 0.29) is 23.3 Å².